The highest BCUT2D eigenvalue weighted by molar-refractivity contribution is 6.33. The van der Waals surface area contributed by atoms with Crippen LogP contribution < -0.4 is 10.5 Å². The van der Waals surface area contributed by atoms with Gasteiger partial charge in [0, 0.05) is 32.9 Å². The highest BCUT2D eigenvalue weighted by Crippen LogP contribution is 2.27. The number of halogens is 1. The van der Waals surface area contributed by atoms with E-state index in [0.29, 0.717) is 5.92 Å². The van der Waals surface area contributed by atoms with Crippen LogP contribution in [0.15, 0.2) is 23.4 Å². The van der Waals surface area contributed by atoms with E-state index in [9.17, 15) is 4.79 Å². The molecule has 0 amide bonds. The molecule has 112 valence electrons. The smallest absolute Gasteiger partial charge is 0.287 e. The summed E-state index contributed by atoms with van der Waals surface area (Å²) in [7, 11) is 1.60. The van der Waals surface area contributed by atoms with Crippen LogP contribution in [0.1, 0.15) is 12.8 Å². The third kappa shape index (κ3) is 2.92. The summed E-state index contributed by atoms with van der Waals surface area (Å²) >= 11 is 6.15. The fraction of sp³-hybridized carbons (Fsp3) is 0.538. The first-order chi connectivity index (χ1) is 10.1. The summed E-state index contributed by atoms with van der Waals surface area (Å²) in [5, 5.41) is 12.1. The van der Waals surface area contributed by atoms with Crippen molar-refractivity contribution in [1.29, 1.82) is 0 Å². The van der Waals surface area contributed by atoms with Gasteiger partial charge in [0.15, 0.2) is 0 Å². The first-order valence-corrected chi connectivity index (χ1v) is 7.34. The van der Waals surface area contributed by atoms with Gasteiger partial charge in [-0.15, -0.1) is 5.10 Å². The van der Waals surface area contributed by atoms with Gasteiger partial charge < -0.3 is 4.90 Å². The van der Waals surface area contributed by atoms with Gasteiger partial charge >= 0.3 is 0 Å². The maximum atomic E-state index is 11.8. The molecule has 3 heterocycles. The van der Waals surface area contributed by atoms with Crippen LogP contribution >= 0.6 is 11.6 Å². The van der Waals surface area contributed by atoms with Gasteiger partial charge in [-0.3, -0.25) is 9.48 Å². The van der Waals surface area contributed by atoms with Gasteiger partial charge in [-0.2, -0.15) is 5.10 Å². The van der Waals surface area contributed by atoms with Crippen LogP contribution in [-0.4, -0.2) is 37.9 Å². The first-order valence-electron chi connectivity index (χ1n) is 6.96. The van der Waals surface area contributed by atoms with Gasteiger partial charge in [-0.05, 0) is 18.8 Å². The van der Waals surface area contributed by atoms with Crippen LogP contribution in [0, 0.1) is 5.92 Å². The van der Waals surface area contributed by atoms with E-state index in [2.05, 4.69) is 20.3 Å². The monoisotopic (exact) mass is 308 g/mol. The number of hydrogen-bond donors (Lipinski definition) is 0. The fourth-order valence-electron chi connectivity index (χ4n) is 2.67. The lowest BCUT2D eigenvalue weighted by Crippen LogP contribution is -2.36. The van der Waals surface area contributed by atoms with Gasteiger partial charge in [-0.25, -0.2) is 4.68 Å². The SMILES string of the molecule is Cn1ncc(N2CCC(Cn3ccnn3)CC2)c(Cl)c1=O. The number of aromatic nitrogens is 5. The summed E-state index contributed by atoms with van der Waals surface area (Å²) in [6.45, 7) is 2.62. The summed E-state index contributed by atoms with van der Waals surface area (Å²) in [5.74, 6) is 0.571. The highest BCUT2D eigenvalue weighted by Gasteiger charge is 2.22. The largest absolute Gasteiger partial charge is 0.369 e. The van der Waals surface area contributed by atoms with Crippen molar-refractivity contribution in [1.82, 2.24) is 24.8 Å². The molecule has 3 rings (SSSR count). The molecule has 0 unspecified atom stereocenters. The molecule has 1 aliphatic heterocycles. The lowest BCUT2D eigenvalue weighted by Gasteiger charge is -2.33. The van der Waals surface area contributed by atoms with Crippen molar-refractivity contribution in [3.05, 3.63) is 34.0 Å². The Kier molecular flexibility index (Phi) is 3.92. The minimum atomic E-state index is -0.251. The van der Waals surface area contributed by atoms with E-state index in [4.69, 9.17) is 11.6 Å². The highest BCUT2D eigenvalue weighted by atomic mass is 35.5. The van der Waals surface area contributed by atoms with Gasteiger partial charge in [0.05, 0.1) is 18.1 Å². The topological polar surface area (TPSA) is 68.8 Å². The summed E-state index contributed by atoms with van der Waals surface area (Å²) in [5.41, 5.74) is 0.484. The molecular weight excluding hydrogens is 292 g/mol. The zero-order chi connectivity index (χ0) is 14.8. The van der Waals surface area contributed by atoms with Crippen molar-refractivity contribution in [2.45, 2.75) is 19.4 Å². The molecule has 8 heteroatoms. The average molecular weight is 309 g/mol. The third-order valence-electron chi connectivity index (χ3n) is 3.93. The molecule has 0 saturated carbocycles. The van der Waals surface area contributed by atoms with Crippen LogP contribution in [0.25, 0.3) is 0 Å². The molecule has 0 aliphatic carbocycles. The van der Waals surface area contributed by atoms with E-state index >= 15 is 0 Å². The van der Waals surface area contributed by atoms with E-state index < -0.39 is 0 Å². The van der Waals surface area contributed by atoms with Gasteiger partial charge in [-0.1, -0.05) is 16.8 Å². The summed E-state index contributed by atoms with van der Waals surface area (Å²) in [6, 6.07) is 0. The minimum absolute atomic E-state index is 0.251. The Bertz CT molecular complexity index is 660. The Morgan fingerprint density at radius 2 is 2.14 bits per heavy atom. The van der Waals surface area contributed by atoms with Gasteiger partial charge in [0.2, 0.25) is 0 Å². The second-order valence-electron chi connectivity index (χ2n) is 5.33. The van der Waals surface area contributed by atoms with E-state index in [1.54, 1.807) is 19.4 Å². The van der Waals surface area contributed by atoms with Crippen LogP contribution in [0.5, 0.6) is 0 Å². The standard InChI is InChI=1S/C13H17ClN6O/c1-18-13(21)12(14)11(8-16-18)19-5-2-10(3-6-19)9-20-7-4-15-17-20/h4,7-8,10H,2-3,5-6,9H2,1H3. The minimum Gasteiger partial charge on any atom is -0.369 e. The number of rotatable bonds is 3. The lowest BCUT2D eigenvalue weighted by molar-refractivity contribution is 0.339. The predicted molar refractivity (Wildman–Crippen MR) is 79.4 cm³/mol. The van der Waals surface area contributed by atoms with Crippen molar-refractivity contribution in [2.24, 2.45) is 13.0 Å². The second-order valence-corrected chi connectivity index (χ2v) is 5.71. The summed E-state index contributed by atoms with van der Waals surface area (Å²) in [4.78, 5) is 14.0. The summed E-state index contributed by atoms with van der Waals surface area (Å²) in [6.07, 6.45) is 7.31. The maximum Gasteiger partial charge on any atom is 0.287 e. The van der Waals surface area contributed by atoms with E-state index in [-0.39, 0.29) is 10.6 Å². The molecule has 21 heavy (non-hydrogen) atoms. The van der Waals surface area contributed by atoms with Crippen molar-refractivity contribution in [2.75, 3.05) is 18.0 Å². The third-order valence-corrected chi connectivity index (χ3v) is 4.29. The van der Waals surface area contributed by atoms with E-state index in [0.717, 1.165) is 38.2 Å². The number of piperidine rings is 1. The molecule has 0 atom stereocenters. The molecule has 7 nitrogen and oxygen atoms in total. The Morgan fingerprint density at radius 1 is 1.38 bits per heavy atom. The molecule has 0 bridgehead atoms. The molecule has 2 aromatic rings. The molecule has 0 aromatic carbocycles. The molecule has 1 aliphatic rings. The van der Waals surface area contributed by atoms with Gasteiger partial charge in [0.25, 0.3) is 5.56 Å². The van der Waals surface area contributed by atoms with Crippen molar-refractivity contribution >= 4 is 17.3 Å². The second kappa shape index (κ2) is 5.85. The zero-order valence-electron chi connectivity index (χ0n) is 11.8. The van der Waals surface area contributed by atoms with Crippen LogP contribution in [0.2, 0.25) is 5.02 Å². The predicted octanol–water partition coefficient (Wildman–Crippen LogP) is 0.942. The zero-order valence-corrected chi connectivity index (χ0v) is 12.6. The van der Waals surface area contributed by atoms with Gasteiger partial charge in [0.1, 0.15) is 5.02 Å². The fourth-order valence-corrected chi connectivity index (χ4v) is 2.96. The molecule has 0 spiro atoms. The van der Waals surface area contributed by atoms with Crippen LogP contribution in [0.4, 0.5) is 5.69 Å². The Hall–Kier alpha value is -1.89. The molecule has 2 aromatic heterocycles. The normalized spacial score (nSPS) is 16.4. The van der Waals surface area contributed by atoms with Crippen LogP contribution in [-0.2, 0) is 13.6 Å². The summed E-state index contributed by atoms with van der Waals surface area (Å²) < 4.78 is 3.12. The van der Waals surface area contributed by atoms with Crippen molar-refractivity contribution in [3.8, 4) is 0 Å². The van der Waals surface area contributed by atoms with Crippen molar-refractivity contribution in [3.63, 3.8) is 0 Å². The number of anilines is 1. The molecular formula is C13H17ClN6O. The maximum absolute atomic E-state index is 11.8. The number of hydrogen-bond acceptors (Lipinski definition) is 5. The average Bonchev–Trinajstić information content (AvgIpc) is 2.99. The Balaban J connectivity index is 1.66. The van der Waals surface area contributed by atoms with E-state index in [1.807, 2.05) is 10.9 Å². The Morgan fingerprint density at radius 3 is 2.81 bits per heavy atom. The first kappa shape index (κ1) is 14.1. The molecule has 0 radical (unpaired) electrons. The number of nitrogens with zero attached hydrogens (tertiary/aromatic N) is 6. The van der Waals surface area contributed by atoms with Crippen LogP contribution in [0.3, 0.4) is 0 Å². The molecule has 1 fully saturated rings. The number of aryl methyl sites for hydroxylation is 1. The molecule has 0 N–H and O–H groups in total. The lowest BCUT2D eigenvalue weighted by atomic mass is 9.96. The quantitative estimate of drug-likeness (QED) is 0.844. The Labute approximate surface area is 127 Å². The van der Waals surface area contributed by atoms with Crippen molar-refractivity contribution < 1.29 is 0 Å². The van der Waals surface area contributed by atoms with E-state index in [1.165, 1.54) is 4.68 Å². The molecule has 1 saturated heterocycles.